The van der Waals surface area contributed by atoms with E-state index in [4.69, 9.17) is 10.5 Å². The number of benzene rings is 1. The third-order valence-electron chi connectivity index (χ3n) is 4.90. The van der Waals surface area contributed by atoms with Crippen molar-refractivity contribution >= 4 is 0 Å². The van der Waals surface area contributed by atoms with E-state index in [1.807, 2.05) is 12.1 Å². The van der Waals surface area contributed by atoms with Crippen LogP contribution in [0.2, 0.25) is 0 Å². The second-order valence-electron chi connectivity index (χ2n) is 6.32. The molecular formula is C17H27N3O. The zero-order valence-corrected chi connectivity index (χ0v) is 13.0. The molecule has 21 heavy (non-hydrogen) atoms. The van der Waals surface area contributed by atoms with Crippen LogP contribution in [-0.2, 0) is 0 Å². The van der Waals surface area contributed by atoms with Gasteiger partial charge < -0.3 is 10.5 Å². The molecule has 0 saturated carbocycles. The number of likely N-dealkylation sites (tertiary alicyclic amines) is 2. The summed E-state index contributed by atoms with van der Waals surface area (Å²) in [4.78, 5) is 5.19. The van der Waals surface area contributed by atoms with Gasteiger partial charge in [0.15, 0.2) is 0 Å². The van der Waals surface area contributed by atoms with E-state index in [9.17, 15) is 0 Å². The van der Waals surface area contributed by atoms with Crippen LogP contribution in [0.4, 0.5) is 0 Å². The molecule has 0 amide bonds. The summed E-state index contributed by atoms with van der Waals surface area (Å²) < 4.78 is 5.20. The quantitative estimate of drug-likeness (QED) is 0.898. The lowest BCUT2D eigenvalue weighted by Crippen LogP contribution is -2.37. The molecule has 0 aromatic heterocycles. The van der Waals surface area contributed by atoms with Crippen LogP contribution in [0.5, 0.6) is 5.75 Å². The maximum atomic E-state index is 6.37. The summed E-state index contributed by atoms with van der Waals surface area (Å²) in [6.45, 7) is 5.91. The first-order valence-corrected chi connectivity index (χ1v) is 8.12. The second kappa shape index (κ2) is 6.77. The van der Waals surface area contributed by atoms with E-state index in [1.54, 1.807) is 7.11 Å². The average Bonchev–Trinajstić information content (AvgIpc) is 3.18. The maximum Gasteiger partial charge on any atom is 0.118 e. The molecule has 2 aliphatic rings. The van der Waals surface area contributed by atoms with E-state index < -0.39 is 0 Å². The number of nitrogens with zero attached hydrogens (tertiary/aromatic N) is 2. The highest BCUT2D eigenvalue weighted by atomic mass is 16.5. The molecule has 0 spiro atoms. The van der Waals surface area contributed by atoms with Gasteiger partial charge in [0.25, 0.3) is 0 Å². The number of hydrogen-bond acceptors (Lipinski definition) is 4. The van der Waals surface area contributed by atoms with Crippen molar-refractivity contribution in [3.05, 3.63) is 29.8 Å². The lowest BCUT2D eigenvalue weighted by molar-refractivity contribution is 0.228. The molecule has 0 radical (unpaired) electrons. The third-order valence-corrected chi connectivity index (χ3v) is 4.90. The maximum absolute atomic E-state index is 6.37. The number of nitrogens with two attached hydrogens (primary N) is 1. The highest BCUT2D eigenvalue weighted by Gasteiger charge is 2.29. The molecule has 2 aliphatic heterocycles. The van der Waals surface area contributed by atoms with Gasteiger partial charge in [0.1, 0.15) is 5.75 Å². The van der Waals surface area contributed by atoms with E-state index in [0.717, 1.165) is 18.3 Å². The Balaban J connectivity index is 1.51. The Kier molecular flexibility index (Phi) is 4.78. The Morgan fingerprint density at radius 3 is 2.57 bits per heavy atom. The van der Waals surface area contributed by atoms with Crippen LogP contribution < -0.4 is 10.5 Å². The summed E-state index contributed by atoms with van der Waals surface area (Å²) >= 11 is 0. The first kappa shape index (κ1) is 14.8. The molecule has 1 aromatic rings. The minimum Gasteiger partial charge on any atom is -0.497 e. The van der Waals surface area contributed by atoms with Gasteiger partial charge in [0.05, 0.1) is 7.11 Å². The van der Waals surface area contributed by atoms with E-state index in [-0.39, 0.29) is 6.04 Å². The minimum atomic E-state index is 0.0910. The van der Waals surface area contributed by atoms with Crippen molar-refractivity contribution in [3.63, 3.8) is 0 Å². The fourth-order valence-electron chi connectivity index (χ4n) is 3.62. The topological polar surface area (TPSA) is 41.7 Å². The van der Waals surface area contributed by atoms with Gasteiger partial charge in [0, 0.05) is 25.2 Å². The highest BCUT2D eigenvalue weighted by Crippen LogP contribution is 2.23. The van der Waals surface area contributed by atoms with Crippen LogP contribution in [0.1, 0.15) is 30.9 Å². The van der Waals surface area contributed by atoms with Gasteiger partial charge in [-0.1, -0.05) is 12.1 Å². The molecule has 0 bridgehead atoms. The average molecular weight is 289 g/mol. The lowest BCUT2D eigenvalue weighted by Gasteiger charge is -2.25. The molecule has 2 heterocycles. The van der Waals surface area contributed by atoms with Crippen LogP contribution in [0.3, 0.4) is 0 Å². The molecule has 2 unspecified atom stereocenters. The van der Waals surface area contributed by atoms with Crippen molar-refractivity contribution in [2.45, 2.75) is 31.3 Å². The normalized spacial score (nSPS) is 25.3. The molecule has 116 valence electrons. The highest BCUT2D eigenvalue weighted by molar-refractivity contribution is 5.29. The predicted octanol–water partition coefficient (Wildman–Crippen LogP) is 1.87. The standard InChI is InChI=1S/C17H27N3O/c1-21-16-6-4-14(5-7-16)17(18)13-19-11-8-15(12-19)20-9-2-3-10-20/h4-7,15,17H,2-3,8-13,18H2,1H3. The first-order valence-electron chi connectivity index (χ1n) is 8.12. The molecule has 2 N–H and O–H groups in total. The minimum absolute atomic E-state index is 0.0910. The molecule has 4 nitrogen and oxygen atoms in total. The third kappa shape index (κ3) is 3.57. The largest absolute Gasteiger partial charge is 0.497 e. The fraction of sp³-hybridized carbons (Fsp3) is 0.647. The molecule has 0 aliphatic carbocycles. The van der Waals surface area contributed by atoms with Gasteiger partial charge in [-0.15, -0.1) is 0 Å². The van der Waals surface area contributed by atoms with Crippen molar-refractivity contribution in [2.75, 3.05) is 39.8 Å². The molecule has 2 fully saturated rings. The van der Waals surface area contributed by atoms with Crippen molar-refractivity contribution in [1.29, 1.82) is 0 Å². The Morgan fingerprint density at radius 1 is 1.19 bits per heavy atom. The van der Waals surface area contributed by atoms with Crippen LogP contribution in [0.25, 0.3) is 0 Å². The molecule has 4 heteroatoms. The summed E-state index contributed by atoms with van der Waals surface area (Å²) in [5, 5.41) is 0. The SMILES string of the molecule is COc1ccc(C(N)CN2CCC(N3CCCC3)C2)cc1. The van der Waals surface area contributed by atoms with Gasteiger partial charge in [-0.25, -0.2) is 0 Å². The van der Waals surface area contributed by atoms with E-state index in [2.05, 4.69) is 21.9 Å². The monoisotopic (exact) mass is 289 g/mol. The number of rotatable bonds is 5. The van der Waals surface area contributed by atoms with Gasteiger partial charge in [0.2, 0.25) is 0 Å². The number of ether oxygens (including phenoxy) is 1. The Labute approximate surface area is 127 Å². The van der Waals surface area contributed by atoms with Crippen molar-refractivity contribution in [2.24, 2.45) is 5.73 Å². The van der Waals surface area contributed by atoms with Gasteiger partial charge >= 0.3 is 0 Å². The van der Waals surface area contributed by atoms with Crippen LogP contribution in [0, 0.1) is 0 Å². The lowest BCUT2D eigenvalue weighted by atomic mass is 10.1. The van der Waals surface area contributed by atoms with Crippen LogP contribution in [0.15, 0.2) is 24.3 Å². The Bertz CT molecular complexity index is 442. The van der Waals surface area contributed by atoms with Gasteiger partial charge in [-0.05, 0) is 56.6 Å². The van der Waals surface area contributed by atoms with Gasteiger partial charge in [-0.2, -0.15) is 0 Å². The predicted molar refractivity (Wildman–Crippen MR) is 85.6 cm³/mol. The van der Waals surface area contributed by atoms with Crippen LogP contribution >= 0.6 is 0 Å². The molecular weight excluding hydrogens is 262 g/mol. The molecule has 1 aromatic carbocycles. The van der Waals surface area contributed by atoms with Crippen LogP contribution in [-0.4, -0.2) is 55.7 Å². The fourth-order valence-corrected chi connectivity index (χ4v) is 3.62. The van der Waals surface area contributed by atoms with Crippen molar-refractivity contribution in [1.82, 2.24) is 9.80 Å². The zero-order valence-electron chi connectivity index (χ0n) is 13.0. The number of methoxy groups -OCH3 is 1. The van der Waals surface area contributed by atoms with E-state index >= 15 is 0 Å². The summed E-state index contributed by atoms with van der Waals surface area (Å²) in [5.41, 5.74) is 7.56. The summed E-state index contributed by atoms with van der Waals surface area (Å²) in [5.74, 6) is 0.890. The molecule has 2 saturated heterocycles. The smallest absolute Gasteiger partial charge is 0.118 e. The van der Waals surface area contributed by atoms with E-state index in [0.29, 0.717) is 0 Å². The molecule has 2 atom stereocenters. The number of hydrogen-bond donors (Lipinski definition) is 1. The molecule has 3 rings (SSSR count). The first-order chi connectivity index (χ1) is 10.3. The summed E-state index contributed by atoms with van der Waals surface area (Å²) in [7, 11) is 1.69. The van der Waals surface area contributed by atoms with Crippen molar-refractivity contribution in [3.8, 4) is 5.75 Å². The zero-order chi connectivity index (χ0) is 14.7. The summed E-state index contributed by atoms with van der Waals surface area (Å²) in [6.07, 6.45) is 4.05. The second-order valence-corrected chi connectivity index (χ2v) is 6.32. The van der Waals surface area contributed by atoms with E-state index in [1.165, 1.54) is 51.0 Å². The Morgan fingerprint density at radius 2 is 1.90 bits per heavy atom. The Hall–Kier alpha value is -1.10. The van der Waals surface area contributed by atoms with Gasteiger partial charge in [-0.3, -0.25) is 9.80 Å². The summed E-state index contributed by atoms with van der Waals surface area (Å²) in [6, 6.07) is 9.00. The van der Waals surface area contributed by atoms with Crippen molar-refractivity contribution < 1.29 is 4.74 Å².